The third-order valence-corrected chi connectivity index (χ3v) is 10.4. The van der Waals surface area contributed by atoms with Gasteiger partial charge in [0.15, 0.2) is 0 Å². The van der Waals surface area contributed by atoms with Crippen LogP contribution in [-0.2, 0) is 0 Å². The molecule has 0 radical (unpaired) electrons. The summed E-state index contributed by atoms with van der Waals surface area (Å²) in [5, 5.41) is 3.59. The van der Waals surface area contributed by atoms with Gasteiger partial charge in [-0.3, -0.25) is 0 Å². The minimum atomic E-state index is -2.90. The van der Waals surface area contributed by atoms with E-state index in [4.69, 9.17) is 11.2 Å². The van der Waals surface area contributed by atoms with Crippen LogP contribution in [0.1, 0.15) is 0 Å². The normalized spacial score (nSPS) is 13.3. The van der Waals surface area contributed by atoms with Crippen molar-refractivity contribution in [2.24, 2.45) is 0 Å². The van der Waals surface area contributed by atoms with Crippen molar-refractivity contribution < 1.29 is 0 Å². The first kappa shape index (κ1) is 14.3. The number of hydrogen-bond acceptors (Lipinski definition) is 0. The Balaban J connectivity index is 2.36. The Morgan fingerprint density at radius 3 is 1.00 bits per heavy atom. The predicted octanol–water partition coefficient (Wildman–Crippen LogP) is 4.30. The summed E-state index contributed by atoms with van der Waals surface area (Å²) in [5.74, 6) is -2.90. The number of rotatable bonds is 3. The van der Waals surface area contributed by atoms with Gasteiger partial charge in [0, 0.05) is 0 Å². The van der Waals surface area contributed by atoms with E-state index in [1.807, 2.05) is 18.2 Å². The zero-order valence-corrected chi connectivity index (χ0v) is 13.6. The first-order valence-electron chi connectivity index (χ1n) is 7.02. The van der Waals surface area contributed by atoms with Crippen molar-refractivity contribution in [2.45, 2.75) is 0 Å². The van der Waals surface area contributed by atoms with Crippen LogP contribution in [0, 0.1) is 0 Å². The molecule has 0 fully saturated rings. The van der Waals surface area contributed by atoms with Crippen molar-refractivity contribution in [3.05, 3.63) is 91.0 Å². The van der Waals surface area contributed by atoms with Crippen LogP contribution in [0.2, 0.25) is 0 Å². The Bertz CT molecular complexity index is 618. The molecule has 0 unspecified atom stereocenters. The average molecular weight is 313 g/mol. The molecule has 3 rings (SSSR count). The number of halogens is 1. The standard InChI is InChI=1S/C19H18ClP/c1-21(20,17-11-5-2-6-12-17,18-13-7-3-8-14-18)19-15-9-4-10-16-19/h2-16H,1H3. The fourth-order valence-corrected chi connectivity index (χ4v) is 7.35. The van der Waals surface area contributed by atoms with E-state index in [0.29, 0.717) is 0 Å². The van der Waals surface area contributed by atoms with Crippen molar-refractivity contribution >= 4 is 33.1 Å². The Hall–Kier alpha value is -1.62. The van der Waals surface area contributed by atoms with Crippen LogP contribution < -0.4 is 15.9 Å². The van der Waals surface area contributed by atoms with Gasteiger partial charge in [-0.05, 0) is 0 Å². The average Bonchev–Trinajstić information content (AvgIpc) is 2.57. The molecular weight excluding hydrogens is 295 g/mol. The van der Waals surface area contributed by atoms with Gasteiger partial charge in [-0.1, -0.05) is 0 Å². The zero-order chi connectivity index (χ0) is 14.8. The summed E-state index contributed by atoms with van der Waals surface area (Å²) in [4.78, 5) is 0. The molecule has 106 valence electrons. The second-order valence-electron chi connectivity index (χ2n) is 5.44. The van der Waals surface area contributed by atoms with Gasteiger partial charge in [-0.15, -0.1) is 0 Å². The van der Waals surface area contributed by atoms with Crippen LogP contribution in [0.25, 0.3) is 0 Å². The molecule has 0 N–H and O–H groups in total. The SMILES string of the molecule is CP(Cl)(c1ccccc1)(c1ccccc1)c1ccccc1. The van der Waals surface area contributed by atoms with E-state index in [-0.39, 0.29) is 0 Å². The van der Waals surface area contributed by atoms with Crippen molar-refractivity contribution in [3.63, 3.8) is 0 Å². The molecule has 3 aromatic rings. The van der Waals surface area contributed by atoms with Gasteiger partial charge in [-0.2, -0.15) is 0 Å². The Labute approximate surface area is 131 Å². The molecule has 0 saturated carbocycles. The van der Waals surface area contributed by atoms with Crippen LogP contribution >= 0.6 is 17.2 Å². The maximum atomic E-state index is 7.50. The topological polar surface area (TPSA) is 0 Å². The molecule has 0 saturated heterocycles. The van der Waals surface area contributed by atoms with Crippen LogP contribution in [-0.4, -0.2) is 6.66 Å². The van der Waals surface area contributed by atoms with Crippen molar-refractivity contribution in [2.75, 3.05) is 6.66 Å². The number of benzene rings is 3. The third-order valence-electron chi connectivity index (χ3n) is 4.11. The molecule has 21 heavy (non-hydrogen) atoms. The summed E-state index contributed by atoms with van der Waals surface area (Å²) in [6.45, 7) is 2.22. The van der Waals surface area contributed by atoms with Crippen LogP contribution in [0.15, 0.2) is 91.0 Å². The monoisotopic (exact) mass is 312 g/mol. The summed E-state index contributed by atoms with van der Waals surface area (Å²) in [6.07, 6.45) is 0. The molecule has 0 bridgehead atoms. The molecule has 0 aromatic heterocycles. The molecule has 0 amide bonds. The van der Waals surface area contributed by atoms with E-state index in [9.17, 15) is 0 Å². The first-order chi connectivity index (χ1) is 10.1. The molecule has 0 nitrogen and oxygen atoms in total. The van der Waals surface area contributed by atoms with E-state index < -0.39 is 5.96 Å². The van der Waals surface area contributed by atoms with Gasteiger partial charge in [0.1, 0.15) is 0 Å². The number of hydrogen-bond donors (Lipinski definition) is 0. The second-order valence-corrected chi connectivity index (χ2v) is 12.4. The summed E-state index contributed by atoms with van der Waals surface area (Å²) < 4.78 is 0. The predicted molar refractivity (Wildman–Crippen MR) is 96.9 cm³/mol. The van der Waals surface area contributed by atoms with Crippen LogP contribution in [0.5, 0.6) is 0 Å². The Morgan fingerprint density at radius 1 is 0.524 bits per heavy atom. The molecule has 0 atom stereocenters. The maximum absolute atomic E-state index is 7.50. The molecule has 3 aromatic carbocycles. The van der Waals surface area contributed by atoms with Crippen molar-refractivity contribution in [3.8, 4) is 0 Å². The van der Waals surface area contributed by atoms with E-state index in [2.05, 4.69) is 79.5 Å². The van der Waals surface area contributed by atoms with Crippen LogP contribution in [0.3, 0.4) is 0 Å². The molecular formula is C19H18ClP. The van der Waals surface area contributed by atoms with Gasteiger partial charge in [-0.25, -0.2) is 0 Å². The third kappa shape index (κ3) is 2.29. The first-order valence-corrected chi connectivity index (χ1v) is 10.6. The van der Waals surface area contributed by atoms with Gasteiger partial charge in [0.2, 0.25) is 0 Å². The van der Waals surface area contributed by atoms with Gasteiger partial charge < -0.3 is 0 Å². The Kier molecular flexibility index (Phi) is 3.61. The van der Waals surface area contributed by atoms with E-state index in [1.54, 1.807) is 0 Å². The van der Waals surface area contributed by atoms with Crippen LogP contribution in [0.4, 0.5) is 0 Å². The minimum absolute atomic E-state index is 1.20. The van der Waals surface area contributed by atoms with Crippen molar-refractivity contribution in [1.29, 1.82) is 0 Å². The molecule has 0 aliphatic carbocycles. The van der Waals surface area contributed by atoms with Crippen molar-refractivity contribution in [1.82, 2.24) is 0 Å². The summed E-state index contributed by atoms with van der Waals surface area (Å²) in [7, 11) is 0. The van der Waals surface area contributed by atoms with E-state index >= 15 is 0 Å². The molecule has 0 spiro atoms. The quantitative estimate of drug-likeness (QED) is 0.633. The van der Waals surface area contributed by atoms with E-state index in [1.165, 1.54) is 15.9 Å². The second kappa shape index (κ2) is 5.30. The van der Waals surface area contributed by atoms with Gasteiger partial charge >= 0.3 is 131 Å². The summed E-state index contributed by atoms with van der Waals surface area (Å²) >= 11 is 7.50. The van der Waals surface area contributed by atoms with Gasteiger partial charge in [0.25, 0.3) is 0 Å². The fourth-order valence-electron chi connectivity index (χ4n) is 2.79. The Morgan fingerprint density at radius 2 is 0.762 bits per heavy atom. The molecule has 0 heterocycles. The molecule has 0 aliphatic rings. The van der Waals surface area contributed by atoms with Gasteiger partial charge in [0.05, 0.1) is 0 Å². The zero-order valence-electron chi connectivity index (χ0n) is 12.0. The summed E-state index contributed by atoms with van der Waals surface area (Å²) in [6, 6.07) is 31.4. The van der Waals surface area contributed by atoms with E-state index in [0.717, 1.165) is 0 Å². The molecule has 2 heteroatoms. The summed E-state index contributed by atoms with van der Waals surface area (Å²) in [5.41, 5.74) is 0. The fraction of sp³-hybridized carbons (Fsp3) is 0.0526. The molecule has 0 aliphatic heterocycles.